The molecule has 0 amide bonds. The van der Waals surface area contributed by atoms with E-state index in [2.05, 4.69) is 34.3 Å². The number of hydrogen-bond donors (Lipinski definition) is 1. The fourth-order valence-corrected chi connectivity index (χ4v) is 4.86. The van der Waals surface area contributed by atoms with E-state index in [4.69, 9.17) is 19.6 Å². The van der Waals surface area contributed by atoms with Crippen molar-refractivity contribution in [2.45, 2.75) is 45.3 Å². The summed E-state index contributed by atoms with van der Waals surface area (Å²) in [6.45, 7) is 11.4. The number of hydrogen-bond acceptors (Lipinski definition) is 7. The molecule has 1 saturated heterocycles. The van der Waals surface area contributed by atoms with Gasteiger partial charge in [0.25, 0.3) is 0 Å². The predicted molar refractivity (Wildman–Crippen MR) is 138 cm³/mol. The van der Waals surface area contributed by atoms with E-state index in [0.717, 1.165) is 28.6 Å². The molecule has 8 nitrogen and oxygen atoms in total. The molecule has 9 heteroatoms. The minimum absolute atomic E-state index is 0.178. The van der Waals surface area contributed by atoms with E-state index in [9.17, 15) is 9.90 Å². The van der Waals surface area contributed by atoms with E-state index in [1.807, 2.05) is 30.3 Å². The lowest BCUT2D eigenvalue weighted by atomic mass is 9.92. The molecule has 2 aromatic heterocycles. The largest absolute Gasteiger partial charge is 0.464 e. The number of benzene rings is 1. The molecule has 3 heterocycles. The molecule has 1 aliphatic heterocycles. The van der Waals surface area contributed by atoms with Gasteiger partial charge < -0.3 is 19.5 Å². The standard InChI is InChI=1S/C26H31BrN4O4/c1-5-14-35-26(4)10-12-30(13-11-26)24-22(23(32)25(33)34-6-2)17(3)28-21-16-20(29-31(21)24)18-8-7-9-19(27)15-18/h5,7-9,15-16,23,32H,1,6,10-14H2,2-4H3/t23-/m0/s1. The van der Waals surface area contributed by atoms with Crippen molar-refractivity contribution >= 4 is 33.4 Å². The number of anilines is 1. The summed E-state index contributed by atoms with van der Waals surface area (Å²) in [4.78, 5) is 19.4. The molecule has 1 atom stereocenters. The molecule has 0 aliphatic carbocycles. The summed E-state index contributed by atoms with van der Waals surface area (Å²) < 4.78 is 13.8. The predicted octanol–water partition coefficient (Wildman–Crippen LogP) is 4.63. The summed E-state index contributed by atoms with van der Waals surface area (Å²) >= 11 is 3.52. The summed E-state index contributed by atoms with van der Waals surface area (Å²) in [5.74, 6) is -0.0476. The Morgan fingerprint density at radius 1 is 1.34 bits per heavy atom. The number of piperidine rings is 1. The number of nitrogens with zero attached hydrogens (tertiary/aromatic N) is 4. The Bertz CT molecular complexity index is 1230. The maximum absolute atomic E-state index is 12.6. The number of aliphatic hydroxyl groups excluding tert-OH is 1. The van der Waals surface area contributed by atoms with Crippen LogP contribution < -0.4 is 4.90 Å². The van der Waals surface area contributed by atoms with Crippen LogP contribution in [-0.4, -0.2) is 57.6 Å². The number of rotatable bonds is 8. The number of carbonyl (C=O) groups excluding carboxylic acids is 1. The van der Waals surface area contributed by atoms with Gasteiger partial charge >= 0.3 is 5.97 Å². The molecule has 1 aromatic carbocycles. The van der Waals surface area contributed by atoms with Crippen LogP contribution in [0.25, 0.3) is 16.9 Å². The average Bonchev–Trinajstić information content (AvgIpc) is 3.26. The van der Waals surface area contributed by atoms with Crippen LogP contribution in [0.15, 0.2) is 47.5 Å². The topological polar surface area (TPSA) is 89.2 Å². The minimum Gasteiger partial charge on any atom is -0.464 e. The first kappa shape index (κ1) is 25.3. The zero-order chi connectivity index (χ0) is 25.2. The Balaban J connectivity index is 1.82. The molecule has 0 saturated carbocycles. The molecule has 1 fully saturated rings. The van der Waals surface area contributed by atoms with Gasteiger partial charge in [0.2, 0.25) is 0 Å². The van der Waals surface area contributed by atoms with Gasteiger partial charge in [-0.1, -0.05) is 34.1 Å². The van der Waals surface area contributed by atoms with E-state index in [0.29, 0.717) is 42.4 Å². The van der Waals surface area contributed by atoms with Crippen molar-refractivity contribution < 1.29 is 19.4 Å². The van der Waals surface area contributed by atoms with Gasteiger partial charge in [-0.3, -0.25) is 0 Å². The van der Waals surface area contributed by atoms with Crippen molar-refractivity contribution in [3.05, 3.63) is 58.7 Å². The van der Waals surface area contributed by atoms with Crippen LogP contribution in [0.3, 0.4) is 0 Å². The highest BCUT2D eigenvalue weighted by Gasteiger charge is 2.35. The zero-order valence-corrected chi connectivity index (χ0v) is 21.9. The number of esters is 1. The minimum atomic E-state index is -1.47. The van der Waals surface area contributed by atoms with E-state index < -0.39 is 12.1 Å². The second-order valence-corrected chi connectivity index (χ2v) is 9.85. The third kappa shape index (κ3) is 5.27. The third-order valence-corrected chi connectivity index (χ3v) is 6.87. The highest BCUT2D eigenvalue weighted by Crippen LogP contribution is 2.36. The molecule has 35 heavy (non-hydrogen) atoms. The first-order valence-corrected chi connectivity index (χ1v) is 12.6. The zero-order valence-electron chi connectivity index (χ0n) is 20.3. The van der Waals surface area contributed by atoms with Crippen LogP contribution in [0.5, 0.6) is 0 Å². The summed E-state index contributed by atoms with van der Waals surface area (Å²) in [7, 11) is 0. The normalized spacial score (nSPS) is 16.3. The number of fused-ring (bicyclic) bond motifs is 1. The Morgan fingerprint density at radius 2 is 2.09 bits per heavy atom. The molecule has 1 aliphatic rings. The van der Waals surface area contributed by atoms with Crippen molar-refractivity contribution in [2.24, 2.45) is 0 Å². The van der Waals surface area contributed by atoms with E-state index in [1.54, 1.807) is 24.4 Å². The highest BCUT2D eigenvalue weighted by molar-refractivity contribution is 9.10. The van der Waals surface area contributed by atoms with Crippen molar-refractivity contribution in [3.63, 3.8) is 0 Å². The van der Waals surface area contributed by atoms with Crippen molar-refractivity contribution in [1.29, 1.82) is 0 Å². The SMILES string of the molecule is C=CCOC1(C)CCN(c2c([C@H](O)C(=O)OCC)c(C)nc3cc(-c4cccc(Br)c4)nn23)CC1. The molecule has 186 valence electrons. The maximum Gasteiger partial charge on any atom is 0.339 e. The summed E-state index contributed by atoms with van der Waals surface area (Å²) in [5, 5.41) is 15.9. The van der Waals surface area contributed by atoms with Gasteiger partial charge in [0, 0.05) is 34.9 Å². The van der Waals surface area contributed by atoms with Crippen molar-refractivity contribution in [3.8, 4) is 11.3 Å². The molecule has 0 bridgehead atoms. The van der Waals surface area contributed by atoms with Crippen LogP contribution in [0.2, 0.25) is 0 Å². The Kier molecular flexibility index (Phi) is 7.59. The second-order valence-electron chi connectivity index (χ2n) is 8.94. The maximum atomic E-state index is 12.6. The number of aliphatic hydroxyl groups is 1. The van der Waals surface area contributed by atoms with Crippen molar-refractivity contribution in [2.75, 3.05) is 31.2 Å². The van der Waals surface area contributed by atoms with E-state index >= 15 is 0 Å². The summed E-state index contributed by atoms with van der Waals surface area (Å²) in [6, 6.07) is 9.80. The molecule has 4 rings (SSSR count). The van der Waals surface area contributed by atoms with Gasteiger partial charge in [0.05, 0.1) is 30.1 Å². The van der Waals surface area contributed by atoms with E-state index in [1.165, 1.54) is 0 Å². The molecular formula is C26H31BrN4O4. The fourth-order valence-electron chi connectivity index (χ4n) is 4.46. The molecule has 3 aromatic rings. The van der Waals surface area contributed by atoms with Gasteiger partial charge in [0.1, 0.15) is 5.82 Å². The van der Waals surface area contributed by atoms with Crippen LogP contribution in [0, 0.1) is 6.92 Å². The quantitative estimate of drug-likeness (QED) is 0.328. The second kappa shape index (κ2) is 10.5. The highest BCUT2D eigenvalue weighted by atomic mass is 79.9. The molecule has 0 unspecified atom stereocenters. The summed E-state index contributed by atoms with van der Waals surface area (Å²) in [6.07, 6.45) is 1.84. The monoisotopic (exact) mass is 542 g/mol. The van der Waals surface area contributed by atoms with Gasteiger partial charge in [-0.15, -0.1) is 6.58 Å². The van der Waals surface area contributed by atoms with Crippen molar-refractivity contribution in [1.82, 2.24) is 14.6 Å². The third-order valence-electron chi connectivity index (χ3n) is 6.38. The van der Waals surface area contributed by atoms with Crippen LogP contribution in [0.4, 0.5) is 5.82 Å². The lowest BCUT2D eigenvalue weighted by molar-refractivity contribution is -0.153. The number of halogens is 1. The lowest BCUT2D eigenvalue weighted by Gasteiger charge is -2.40. The Morgan fingerprint density at radius 3 is 2.74 bits per heavy atom. The van der Waals surface area contributed by atoms with Gasteiger partial charge in [-0.2, -0.15) is 9.61 Å². The van der Waals surface area contributed by atoms with Crippen LogP contribution >= 0.6 is 15.9 Å². The first-order chi connectivity index (χ1) is 16.8. The molecule has 0 radical (unpaired) electrons. The average molecular weight is 543 g/mol. The van der Waals surface area contributed by atoms with Gasteiger partial charge in [-0.05, 0) is 45.7 Å². The van der Waals surface area contributed by atoms with Gasteiger partial charge in [-0.25, -0.2) is 9.78 Å². The fraction of sp³-hybridized carbons (Fsp3) is 0.423. The first-order valence-electron chi connectivity index (χ1n) is 11.8. The lowest BCUT2D eigenvalue weighted by Crippen LogP contribution is -2.45. The molecular weight excluding hydrogens is 512 g/mol. The Hall–Kier alpha value is -2.75. The number of aromatic nitrogens is 3. The van der Waals surface area contributed by atoms with Gasteiger partial charge in [0.15, 0.2) is 11.8 Å². The Labute approximate surface area is 213 Å². The number of aryl methyl sites for hydroxylation is 1. The molecule has 1 N–H and O–H groups in total. The number of carbonyl (C=O) groups is 1. The van der Waals surface area contributed by atoms with Crippen LogP contribution in [-0.2, 0) is 14.3 Å². The van der Waals surface area contributed by atoms with Crippen LogP contribution in [0.1, 0.15) is 44.1 Å². The number of ether oxygens (including phenoxy) is 2. The summed E-state index contributed by atoms with van der Waals surface area (Å²) in [5.41, 5.74) is 3.03. The molecule has 0 spiro atoms. The smallest absolute Gasteiger partial charge is 0.339 e. The van der Waals surface area contributed by atoms with E-state index in [-0.39, 0.29) is 12.2 Å².